The van der Waals surface area contributed by atoms with Gasteiger partial charge in [-0.15, -0.1) is 0 Å². The van der Waals surface area contributed by atoms with E-state index in [1.807, 2.05) is 6.07 Å². The summed E-state index contributed by atoms with van der Waals surface area (Å²) in [5, 5.41) is 3.65. The van der Waals surface area contributed by atoms with E-state index in [1.54, 1.807) is 40.1 Å². The molecule has 51 heavy (non-hydrogen) atoms. The SMILES string of the molecule is CN1C[C@H](Nc2ccn(C)c(=O)c2Cl)C[C@H](C2=CCC(COc3ccc4c(c3)C(=O)N(C3CCC(=O)N(C(=O)OC(C)(C)C)C3=O)C4=O)C=C2)C1. The number of nitrogens with one attached hydrogen (secondary N) is 1. The van der Waals surface area contributed by atoms with Crippen LogP contribution in [0.4, 0.5) is 10.5 Å². The van der Waals surface area contributed by atoms with E-state index in [9.17, 15) is 28.8 Å². The zero-order valence-corrected chi connectivity index (χ0v) is 30.1. The number of allylic oxidation sites excluding steroid dienone is 2. The van der Waals surface area contributed by atoms with Crippen molar-refractivity contribution in [1.29, 1.82) is 0 Å². The topological polar surface area (TPSA) is 148 Å². The van der Waals surface area contributed by atoms with Crippen LogP contribution in [0.1, 0.15) is 67.2 Å². The Kier molecular flexibility index (Phi) is 9.97. The number of fused-ring (bicyclic) bond motifs is 1. The van der Waals surface area contributed by atoms with E-state index in [4.69, 9.17) is 21.1 Å². The Bertz CT molecular complexity index is 1910. The summed E-state index contributed by atoms with van der Waals surface area (Å²) in [6.07, 6.45) is 8.41. The number of aryl methyl sites for hydroxylation is 1. The molecule has 1 aromatic carbocycles. The lowest BCUT2D eigenvalue weighted by Crippen LogP contribution is -2.58. The number of ether oxygens (including phenoxy) is 2. The Balaban J connectivity index is 1.06. The first-order valence-corrected chi connectivity index (χ1v) is 17.4. The Hall–Kier alpha value is -4.75. The lowest BCUT2D eigenvalue weighted by Gasteiger charge is -2.38. The number of likely N-dealkylation sites (tertiary alicyclic amines) is 2. The molecule has 270 valence electrons. The highest BCUT2D eigenvalue weighted by atomic mass is 35.5. The van der Waals surface area contributed by atoms with E-state index < -0.39 is 41.4 Å². The fourth-order valence-corrected chi connectivity index (χ4v) is 7.27. The number of hydrogen-bond donors (Lipinski definition) is 1. The van der Waals surface area contributed by atoms with Crippen LogP contribution in [-0.4, -0.2) is 93.4 Å². The summed E-state index contributed by atoms with van der Waals surface area (Å²) in [6, 6.07) is 5.22. The van der Waals surface area contributed by atoms with Gasteiger partial charge in [-0.25, -0.2) is 4.79 Å². The highest BCUT2D eigenvalue weighted by molar-refractivity contribution is 6.33. The second kappa shape index (κ2) is 14.1. The van der Waals surface area contributed by atoms with Crippen molar-refractivity contribution in [1.82, 2.24) is 19.3 Å². The smallest absolute Gasteiger partial charge is 0.424 e. The van der Waals surface area contributed by atoms with Crippen LogP contribution in [0.2, 0.25) is 5.02 Å². The molecule has 0 spiro atoms. The Morgan fingerprint density at radius 2 is 1.76 bits per heavy atom. The number of hydrogen-bond acceptors (Lipinski definition) is 10. The number of pyridine rings is 1. The molecule has 1 aromatic heterocycles. The monoisotopic (exact) mass is 719 g/mol. The van der Waals surface area contributed by atoms with Crippen molar-refractivity contribution in [3.05, 3.63) is 80.8 Å². The van der Waals surface area contributed by atoms with Gasteiger partial charge in [-0.3, -0.25) is 28.9 Å². The van der Waals surface area contributed by atoms with E-state index in [0.717, 1.165) is 30.8 Å². The second-order valence-corrected chi connectivity index (χ2v) is 15.0. The number of amides is 5. The summed E-state index contributed by atoms with van der Waals surface area (Å²) in [4.78, 5) is 81.1. The first-order valence-electron chi connectivity index (χ1n) is 17.0. The molecule has 4 atom stereocenters. The first-order chi connectivity index (χ1) is 24.1. The maximum Gasteiger partial charge on any atom is 0.424 e. The predicted molar refractivity (Wildman–Crippen MR) is 189 cm³/mol. The summed E-state index contributed by atoms with van der Waals surface area (Å²) < 4.78 is 12.8. The fraction of sp³-hybridized carbons (Fsp3) is 0.459. The van der Waals surface area contributed by atoms with Crippen LogP contribution in [-0.2, 0) is 21.4 Å². The Morgan fingerprint density at radius 3 is 2.47 bits per heavy atom. The van der Waals surface area contributed by atoms with E-state index in [0.29, 0.717) is 28.9 Å². The van der Waals surface area contributed by atoms with Crippen LogP contribution in [0.3, 0.4) is 0 Å². The van der Waals surface area contributed by atoms with Crippen LogP contribution in [0.25, 0.3) is 0 Å². The van der Waals surface area contributed by atoms with Crippen molar-refractivity contribution < 1.29 is 33.4 Å². The van der Waals surface area contributed by atoms with Gasteiger partial charge in [0.2, 0.25) is 5.91 Å². The Morgan fingerprint density at radius 1 is 1.02 bits per heavy atom. The number of imide groups is 4. The minimum absolute atomic E-state index is 0.0849. The molecular weight excluding hydrogens is 678 g/mol. The normalized spacial score (nSPS) is 24.1. The molecule has 1 N–H and O–H groups in total. The van der Waals surface area contributed by atoms with Gasteiger partial charge in [0.1, 0.15) is 22.4 Å². The summed E-state index contributed by atoms with van der Waals surface area (Å²) in [5.41, 5.74) is 0.892. The molecule has 0 radical (unpaired) electrons. The molecule has 0 bridgehead atoms. The fourth-order valence-electron chi connectivity index (χ4n) is 7.02. The summed E-state index contributed by atoms with van der Waals surface area (Å²) in [5.74, 6) is -2.30. The van der Waals surface area contributed by atoms with Crippen LogP contribution in [0.5, 0.6) is 5.75 Å². The van der Waals surface area contributed by atoms with Crippen molar-refractivity contribution in [2.45, 2.75) is 64.1 Å². The lowest BCUT2D eigenvalue weighted by molar-refractivity contribution is -0.149. The van der Waals surface area contributed by atoms with E-state index >= 15 is 0 Å². The molecule has 4 aliphatic rings. The van der Waals surface area contributed by atoms with Crippen molar-refractivity contribution in [2.24, 2.45) is 18.9 Å². The third kappa shape index (κ3) is 7.50. The molecule has 1 aliphatic carbocycles. The molecule has 0 saturated carbocycles. The minimum Gasteiger partial charge on any atom is -0.493 e. The van der Waals surface area contributed by atoms with Gasteiger partial charge in [0.25, 0.3) is 23.3 Å². The Labute approximate surface area is 300 Å². The van der Waals surface area contributed by atoms with Gasteiger partial charge in [-0.1, -0.05) is 29.8 Å². The number of rotatable bonds is 7. The van der Waals surface area contributed by atoms with Crippen molar-refractivity contribution in [3.8, 4) is 5.75 Å². The summed E-state index contributed by atoms with van der Waals surface area (Å²) in [6.45, 7) is 6.87. The number of anilines is 1. The number of halogens is 1. The first kappa shape index (κ1) is 36.1. The molecule has 2 unspecified atom stereocenters. The standard InChI is InChI=1S/C37H42ClN5O8/c1-37(2,3)51-36(49)43-30(44)13-12-29(34(43)47)42-32(45)26-11-10-25(17-27(26)33(42)46)50-20-21-6-8-22(9-7-21)23-16-24(19-40(4)18-23)39-28-14-15-41(5)35(48)31(28)38/h6,8-11,14-15,17,21,23-24,29,39H,7,12-13,16,18-20H2,1-5H3/t21?,23-,24+,29?/m0/s1. The summed E-state index contributed by atoms with van der Waals surface area (Å²) >= 11 is 6.33. The van der Waals surface area contributed by atoms with E-state index in [1.165, 1.54) is 22.3 Å². The highest BCUT2D eigenvalue weighted by Crippen LogP contribution is 2.34. The maximum absolute atomic E-state index is 13.5. The van der Waals surface area contributed by atoms with Gasteiger partial charge >= 0.3 is 6.09 Å². The molecule has 14 heteroatoms. The van der Waals surface area contributed by atoms with Gasteiger partial charge < -0.3 is 24.3 Å². The van der Waals surface area contributed by atoms with Gasteiger partial charge in [-0.2, -0.15) is 4.90 Å². The second-order valence-electron chi connectivity index (χ2n) is 14.6. The van der Waals surface area contributed by atoms with Crippen molar-refractivity contribution in [3.63, 3.8) is 0 Å². The summed E-state index contributed by atoms with van der Waals surface area (Å²) in [7, 11) is 3.75. The van der Waals surface area contributed by atoms with Gasteiger partial charge in [-0.05, 0) is 82.8 Å². The number of nitrogens with zero attached hydrogens (tertiary/aromatic N) is 4. The number of aromatic nitrogens is 1. The van der Waals surface area contributed by atoms with Crippen molar-refractivity contribution >= 4 is 47.0 Å². The van der Waals surface area contributed by atoms with Gasteiger partial charge in [0.15, 0.2) is 0 Å². The molecule has 6 rings (SSSR count). The predicted octanol–water partition coefficient (Wildman–Crippen LogP) is 4.40. The molecule has 2 fully saturated rings. The third-order valence-electron chi connectivity index (χ3n) is 9.52. The number of carbonyl (C=O) groups is 5. The number of likely N-dealkylation sites (N-methyl/N-ethyl adjacent to an activating group) is 1. The molecule has 5 amide bonds. The van der Waals surface area contributed by atoms with Crippen LogP contribution in [0, 0.1) is 11.8 Å². The average molecular weight is 720 g/mol. The average Bonchev–Trinajstić information content (AvgIpc) is 3.31. The zero-order valence-electron chi connectivity index (χ0n) is 29.3. The molecule has 13 nitrogen and oxygen atoms in total. The third-order valence-corrected chi connectivity index (χ3v) is 9.88. The highest BCUT2D eigenvalue weighted by Gasteiger charge is 2.49. The lowest BCUT2D eigenvalue weighted by atomic mass is 9.83. The number of benzene rings is 1. The van der Waals surface area contributed by atoms with Gasteiger partial charge in [0.05, 0.1) is 23.4 Å². The molecule has 2 saturated heterocycles. The molecule has 2 aromatic rings. The number of piperidine rings is 2. The quantitative estimate of drug-likeness (QED) is 0.409. The molecule has 4 heterocycles. The van der Waals surface area contributed by atoms with Gasteiger partial charge in [0, 0.05) is 44.7 Å². The molecule has 3 aliphatic heterocycles. The van der Waals surface area contributed by atoms with E-state index in [2.05, 4.69) is 35.5 Å². The van der Waals surface area contributed by atoms with Crippen LogP contribution < -0.4 is 15.6 Å². The van der Waals surface area contributed by atoms with Crippen molar-refractivity contribution in [2.75, 3.05) is 32.1 Å². The largest absolute Gasteiger partial charge is 0.493 e. The molecular formula is C37H42ClN5O8. The zero-order chi connectivity index (χ0) is 36.8. The maximum atomic E-state index is 13.5. The van der Waals surface area contributed by atoms with E-state index in [-0.39, 0.29) is 46.5 Å². The van der Waals surface area contributed by atoms with Crippen LogP contribution >= 0.6 is 11.6 Å². The minimum atomic E-state index is -1.32. The number of carbonyl (C=O) groups excluding carboxylic acids is 5. The van der Waals surface area contributed by atoms with Crippen LogP contribution in [0.15, 0.2) is 59.1 Å².